The van der Waals surface area contributed by atoms with Gasteiger partial charge in [-0.1, -0.05) is 6.07 Å². The number of aromatic nitrogens is 4. The van der Waals surface area contributed by atoms with Gasteiger partial charge in [-0.2, -0.15) is 9.49 Å². The van der Waals surface area contributed by atoms with Crippen LogP contribution < -0.4 is 10.1 Å². The normalized spacial score (nSPS) is 10.5. The van der Waals surface area contributed by atoms with Crippen LogP contribution in [0.15, 0.2) is 49.1 Å². The Kier molecular flexibility index (Phi) is 4.98. The second-order valence-corrected chi connectivity index (χ2v) is 5.27. The first-order chi connectivity index (χ1) is 12.1. The van der Waals surface area contributed by atoms with Crippen LogP contribution in [0.4, 0.5) is 10.1 Å². The molecule has 3 heterocycles. The third-order valence-corrected chi connectivity index (χ3v) is 3.49. The maximum absolute atomic E-state index is 13.1. The largest absolute Gasteiger partial charge is 0.481 e. The van der Waals surface area contributed by atoms with E-state index in [-0.39, 0.29) is 5.91 Å². The quantitative estimate of drug-likeness (QED) is 0.696. The van der Waals surface area contributed by atoms with Gasteiger partial charge in [0, 0.05) is 30.9 Å². The van der Waals surface area contributed by atoms with E-state index in [2.05, 4.69) is 20.4 Å². The zero-order valence-electron chi connectivity index (χ0n) is 13.5. The van der Waals surface area contributed by atoms with Crippen molar-refractivity contribution in [2.24, 2.45) is 0 Å². The van der Waals surface area contributed by atoms with Crippen LogP contribution in [0.25, 0.3) is 5.69 Å². The predicted octanol–water partition coefficient (Wildman–Crippen LogP) is 2.38. The minimum absolute atomic E-state index is 0.142. The molecule has 0 aliphatic carbocycles. The van der Waals surface area contributed by atoms with Gasteiger partial charge in [0.15, 0.2) is 0 Å². The van der Waals surface area contributed by atoms with Gasteiger partial charge in [-0.15, -0.1) is 0 Å². The summed E-state index contributed by atoms with van der Waals surface area (Å²) >= 11 is 0. The van der Waals surface area contributed by atoms with Crippen molar-refractivity contribution in [1.29, 1.82) is 0 Å². The molecule has 3 rings (SSSR count). The Morgan fingerprint density at radius 2 is 2.16 bits per heavy atom. The van der Waals surface area contributed by atoms with E-state index in [0.29, 0.717) is 30.1 Å². The maximum Gasteiger partial charge on any atom is 0.224 e. The van der Waals surface area contributed by atoms with E-state index in [1.807, 2.05) is 6.07 Å². The Balaban J connectivity index is 1.56. The number of carbonyl (C=O) groups is 1. The molecule has 1 N–H and O–H groups in total. The number of hydrogen-bond acceptors (Lipinski definition) is 5. The van der Waals surface area contributed by atoms with Gasteiger partial charge in [0.05, 0.1) is 30.9 Å². The highest BCUT2D eigenvalue weighted by Crippen LogP contribution is 2.13. The summed E-state index contributed by atoms with van der Waals surface area (Å²) in [5.41, 5.74) is 2.01. The Morgan fingerprint density at radius 3 is 2.88 bits per heavy atom. The SMILES string of the molecule is COc1ccc(CCC(=O)Nc2cnn(-c3ccnc(F)c3)c2)cn1. The van der Waals surface area contributed by atoms with Crippen LogP contribution in [-0.4, -0.2) is 32.8 Å². The molecule has 0 saturated carbocycles. The van der Waals surface area contributed by atoms with Crippen molar-refractivity contribution in [2.45, 2.75) is 12.8 Å². The Bertz CT molecular complexity index is 863. The van der Waals surface area contributed by atoms with Gasteiger partial charge in [-0.3, -0.25) is 4.79 Å². The molecule has 0 aliphatic heterocycles. The lowest BCUT2D eigenvalue weighted by Crippen LogP contribution is -2.12. The van der Waals surface area contributed by atoms with Crippen LogP contribution >= 0.6 is 0 Å². The summed E-state index contributed by atoms with van der Waals surface area (Å²) in [6.07, 6.45) is 7.03. The predicted molar refractivity (Wildman–Crippen MR) is 89.1 cm³/mol. The minimum Gasteiger partial charge on any atom is -0.481 e. The molecule has 7 nitrogen and oxygen atoms in total. The van der Waals surface area contributed by atoms with Crippen molar-refractivity contribution in [2.75, 3.05) is 12.4 Å². The van der Waals surface area contributed by atoms with E-state index in [1.54, 1.807) is 31.6 Å². The fraction of sp³-hybridized carbons (Fsp3) is 0.176. The number of methoxy groups -OCH3 is 1. The molecule has 0 aliphatic rings. The first-order valence-corrected chi connectivity index (χ1v) is 7.59. The van der Waals surface area contributed by atoms with Crippen molar-refractivity contribution in [3.8, 4) is 11.6 Å². The van der Waals surface area contributed by atoms with E-state index in [9.17, 15) is 9.18 Å². The summed E-state index contributed by atoms with van der Waals surface area (Å²) in [4.78, 5) is 19.6. The number of carbonyl (C=O) groups excluding carboxylic acids is 1. The van der Waals surface area contributed by atoms with Crippen LogP contribution in [0.1, 0.15) is 12.0 Å². The monoisotopic (exact) mass is 341 g/mol. The molecule has 3 aromatic heterocycles. The first-order valence-electron chi connectivity index (χ1n) is 7.59. The van der Waals surface area contributed by atoms with Crippen molar-refractivity contribution in [3.05, 3.63) is 60.6 Å². The van der Waals surface area contributed by atoms with Crippen molar-refractivity contribution in [1.82, 2.24) is 19.7 Å². The van der Waals surface area contributed by atoms with Gasteiger partial charge >= 0.3 is 0 Å². The van der Waals surface area contributed by atoms with Crippen LogP contribution in [0.2, 0.25) is 0 Å². The molecule has 128 valence electrons. The van der Waals surface area contributed by atoms with Gasteiger partial charge in [0.2, 0.25) is 17.7 Å². The molecule has 0 fully saturated rings. The number of amides is 1. The van der Waals surface area contributed by atoms with Gasteiger partial charge in [0.1, 0.15) is 0 Å². The van der Waals surface area contributed by atoms with Gasteiger partial charge in [-0.25, -0.2) is 14.6 Å². The third kappa shape index (κ3) is 4.37. The fourth-order valence-electron chi connectivity index (χ4n) is 2.22. The van der Waals surface area contributed by atoms with Gasteiger partial charge in [0.25, 0.3) is 0 Å². The highest BCUT2D eigenvalue weighted by molar-refractivity contribution is 5.90. The number of aryl methyl sites for hydroxylation is 1. The topological polar surface area (TPSA) is 81.9 Å². The maximum atomic E-state index is 13.1. The molecular formula is C17H16FN5O2. The number of anilines is 1. The van der Waals surface area contributed by atoms with E-state index < -0.39 is 5.95 Å². The summed E-state index contributed by atoms with van der Waals surface area (Å²) < 4.78 is 19.6. The Morgan fingerprint density at radius 1 is 1.28 bits per heavy atom. The van der Waals surface area contributed by atoms with Crippen molar-refractivity contribution in [3.63, 3.8) is 0 Å². The van der Waals surface area contributed by atoms with Crippen LogP contribution in [0, 0.1) is 5.95 Å². The molecule has 8 heteroatoms. The molecule has 0 saturated heterocycles. The standard InChI is InChI=1S/C17H16FN5O2/c1-25-17-5-3-12(9-20-17)2-4-16(24)22-13-10-21-23(11-13)14-6-7-19-15(18)8-14/h3,5-11H,2,4H2,1H3,(H,22,24). The smallest absolute Gasteiger partial charge is 0.224 e. The van der Waals surface area contributed by atoms with E-state index >= 15 is 0 Å². The highest BCUT2D eigenvalue weighted by atomic mass is 19.1. The summed E-state index contributed by atoms with van der Waals surface area (Å²) in [5.74, 6) is -0.198. The second kappa shape index (κ2) is 7.52. The zero-order valence-corrected chi connectivity index (χ0v) is 13.5. The number of rotatable bonds is 6. The lowest BCUT2D eigenvalue weighted by Gasteiger charge is -2.04. The third-order valence-electron chi connectivity index (χ3n) is 3.49. The van der Waals surface area contributed by atoms with E-state index in [4.69, 9.17) is 4.74 Å². The summed E-state index contributed by atoms with van der Waals surface area (Å²) in [6.45, 7) is 0. The lowest BCUT2D eigenvalue weighted by molar-refractivity contribution is -0.116. The molecule has 0 aromatic carbocycles. The molecule has 0 unspecified atom stereocenters. The van der Waals surface area contributed by atoms with Gasteiger partial charge < -0.3 is 10.1 Å². The molecule has 3 aromatic rings. The zero-order chi connectivity index (χ0) is 17.6. The van der Waals surface area contributed by atoms with Gasteiger partial charge in [-0.05, 0) is 18.1 Å². The average Bonchev–Trinajstić information content (AvgIpc) is 3.09. The number of nitrogens with zero attached hydrogens (tertiary/aromatic N) is 4. The average molecular weight is 341 g/mol. The van der Waals surface area contributed by atoms with Crippen LogP contribution in [0.3, 0.4) is 0 Å². The molecule has 0 atom stereocenters. The molecule has 25 heavy (non-hydrogen) atoms. The van der Waals surface area contributed by atoms with E-state index in [1.165, 1.54) is 23.1 Å². The first kappa shape index (κ1) is 16.6. The Labute approximate surface area is 143 Å². The highest BCUT2D eigenvalue weighted by Gasteiger charge is 2.07. The van der Waals surface area contributed by atoms with Crippen molar-refractivity contribution >= 4 is 11.6 Å². The molecule has 0 spiro atoms. The second-order valence-electron chi connectivity index (χ2n) is 5.27. The number of nitrogens with one attached hydrogen (secondary N) is 1. The number of ether oxygens (including phenoxy) is 1. The number of pyridine rings is 2. The molecule has 1 amide bonds. The van der Waals surface area contributed by atoms with Crippen LogP contribution in [0.5, 0.6) is 5.88 Å². The van der Waals surface area contributed by atoms with Crippen LogP contribution in [-0.2, 0) is 11.2 Å². The molecular weight excluding hydrogens is 325 g/mol. The summed E-state index contributed by atoms with van der Waals surface area (Å²) in [7, 11) is 1.55. The van der Waals surface area contributed by atoms with E-state index in [0.717, 1.165) is 5.56 Å². The number of hydrogen-bond donors (Lipinski definition) is 1. The summed E-state index contributed by atoms with van der Waals surface area (Å²) in [5, 5.41) is 6.86. The lowest BCUT2D eigenvalue weighted by atomic mass is 10.1. The summed E-state index contributed by atoms with van der Waals surface area (Å²) in [6, 6.07) is 6.51. The minimum atomic E-state index is -0.591. The fourth-order valence-corrected chi connectivity index (χ4v) is 2.22. The number of halogens is 1. The molecule has 0 radical (unpaired) electrons. The van der Waals surface area contributed by atoms with Crippen molar-refractivity contribution < 1.29 is 13.9 Å². The molecule has 0 bridgehead atoms. The Hall–Kier alpha value is -3.29.